The van der Waals surface area contributed by atoms with Crippen LogP contribution in [0.2, 0.25) is 0 Å². The summed E-state index contributed by atoms with van der Waals surface area (Å²) in [7, 11) is 1.24. The minimum atomic E-state index is -3.94. The van der Waals surface area contributed by atoms with Gasteiger partial charge in [-0.05, 0) is 29.8 Å². The maximum Gasteiger partial charge on any atom is 0.261 e. The Labute approximate surface area is 102 Å². The zero-order valence-electron chi connectivity index (χ0n) is 8.47. The molecule has 0 aliphatic rings. The lowest BCUT2D eigenvalue weighted by Gasteiger charge is -2.03. The largest absolute Gasteiger partial charge is 0.264 e. The van der Waals surface area contributed by atoms with E-state index in [0.717, 1.165) is 6.07 Å². The number of aromatic nitrogens is 1. The Morgan fingerprint density at radius 2 is 1.94 bits per heavy atom. The number of hydrogen-bond donors (Lipinski definition) is 0. The SMILES string of the molecule is O=S(=O)(Cl)c1cc(F)cc(-c2cccnc2)c1. The number of pyridine rings is 1. The second-order valence-corrected chi connectivity index (χ2v) is 5.92. The number of rotatable bonds is 2. The normalized spacial score (nSPS) is 11.4. The molecule has 0 aliphatic carbocycles. The number of nitrogens with zero attached hydrogens (tertiary/aromatic N) is 1. The van der Waals surface area contributed by atoms with Crippen molar-refractivity contribution in [2.75, 3.05) is 0 Å². The highest BCUT2D eigenvalue weighted by molar-refractivity contribution is 8.13. The summed E-state index contributed by atoms with van der Waals surface area (Å²) in [5, 5.41) is 0. The van der Waals surface area contributed by atoms with Gasteiger partial charge in [-0.15, -0.1) is 0 Å². The summed E-state index contributed by atoms with van der Waals surface area (Å²) in [6.07, 6.45) is 3.08. The summed E-state index contributed by atoms with van der Waals surface area (Å²) < 4.78 is 35.6. The zero-order chi connectivity index (χ0) is 12.5. The summed E-state index contributed by atoms with van der Waals surface area (Å²) >= 11 is 0. The van der Waals surface area contributed by atoms with Gasteiger partial charge in [0.05, 0.1) is 4.90 Å². The third-order valence-electron chi connectivity index (χ3n) is 2.15. The minimum Gasteiger partial charge on any atom is -0.264 e. The molecule has 0 aliphatic heterocycles. The molecule has 0 amide bonds. The molecule has 88 valence electrons. The predicted octanol–water partition coefficient (Wildman–Crippen LogP) is 2.82. The molecule has 0 fully saturated rings. The first-order chi connectivity index (χ1) is 7.97. The number of hydrogen-bond acceptors (Lipinski definition) is 3. The fourth-order valence-electron chi connectivity index (χ4n) is 1.40. The summed E-state index contributed by atoms with van der Waals surface area (Å²) in [6, 6.07) is 6.79. The van der Waals surface area contributed by atoms with Crippen LogP contribution in [0.4, 0.5) is 4.39 Å². The molecule has 2 aromatic rings. The van der Waals surface area contributed by atoms with Gasteiger partial charge in [0.1, 0.15) is 5.82 Å². The van der Waals surface area contributed by atoms with E-state index >= 15 is 0 Å². The zero-order valence-corrected chi connectivity index (χ0v) is 10.0. The van der Waals surface area contributed by atoms with Gasteiger partial charge in [-0.2, -0.15) is 0 Å². The van der Waals surface area contributed by atoms with Gasteiger partial charge in [0.25, 0.3) is 9.05 Å². The average Bonchev–Trinajstić information content (AvgIpc) is 2.28. The standard InChI is InChI=1S/C11H7ClFNO2S/c12-17(15,16)11-5-9(4-10(13)6-11)8-2-1-3-14-7-8/h1-7H. The van der Waals surface area contributed by atoms with E-state index in [9.17, 15) is 12.8 Å². The molecular weight excluding hydrogens is 265 g/mol. The summed E-state index contributed by atoms with van der Waals surface area (Å²) in [5.41, 5.74) is 1.03. The minimum absolute atomic E-state index is 0.266. The molecule has 0 unspecified atom stereocenters. The van der Waals surface area contributed by atoms with Crippen molar-refractivity contribution in [1.29, 1.82) is 0 Å². The highest BCUT2D eigenvalue weighted by Gasteiger charge is 2.13. The highest BCUT2D eigenvalue weighted by Crippen LogP contribution is 2.25. The molecule has 0 saturated carbocycles. The van der Waals surface area contributed by atoms with E-state index in [-0.39, 0.29) is 4.90 Å². The second kappa shape index (κ2) is 4.43. The molecule has 2 rings (SSSR count). The molecule has 0 saturated heterocycles. The van der Waals surface area contributed by atoms with Crippen molar-refractivity contribution in [2.24, 2.45) is 0 Å². The Bertz CT molecular complexity index is 644. The van der Waals surface area contributed by atoms with Crippen LogP contribution in [0.5, 0.6) is 0 Å². The Morgan fingerprint density at radius 3 is 2.53 bits per heavy atom. The maximum absolute atomic E-state index is 13.3. The van der Waals surface area contributed by atoms with Crippen molar-refractivity contribution >= 4 is 19.7 Å². The van der Waals surface area contributed by atoms with Crippen molar-refractivity contribution in [1.82, 2.24) is 4.98 Å². The van der Waals surface area contributed by atoms with E-state index in [1.807, 2.05) is 0 Å². The summed E-state index contributed by atoms with van der Waals surface area (Å²) in [6.45, 7) is 0. The molecule has 1 aromatic heterocycles. The van der Waals surface area contributed by atoms with Crippen molar-refractivity contribution in [3.05, 3.63) is 48.5 Å². The van der Waals surface area contributed by atoms with Crippen LogP contribution in [0.3, 0.4) is 0 Å². The van der Waals surface area contributed by atoms with Gasteiger partial charge in [0, 0.05) is 28.6 Å². The van der Waals surface area contributed by atoms with E-state index < -0.39 is 14.9 Å². The Kier molecular flexibility index (Phi) is 3.13. The Morgan fingerprint density at radius 1 is 1.18 bits per heavy atom. The first-order valence-corrected chi connectivity index (χ1v) is 6.93. The van der Waals surface area contributed by atoms with Crippen molar-refractivity contribution in [3.8, 4) is 11.1 Å². The lowest BCUT2D eigenvalue weighted by atomic mass is 10.1. The molecule has 1 aromatic carbocycles. The first-order valence-electron chi connectivity index (χ1n) is 4.62. The van der Waals surface area contributed by atoms with Crippen LogP contribution in [-0.2, 0) is 9.05 Å². The van der Waals surface area contributed by atoms with Gasteiger partial charge in [-0.1, -0.05) is 6.07 Å². The van der Waals surface area contributed by atoms with Crippen molar-refractivity contribution in [3.63, 3.8) is 0 Å². The van der Waals surface area contributed by atoms with Gasteiger partial charge in [0.15, 0.2) is 0 Å². The highest BCUT2D eigenvalue weighted by atomic mass is 35.7. The average molecular weight is 272 g/mol. The number of halogens is 2. The van der Waals surface area contributed by atoms with Crippen molar-refractivity contribution < 1.29 is 12.8 Å². The monoisotopic (exact) mass is 271 g/mol. The van der Waals surface area contributed by atoms with Crippen LogP contribution in [0.15, 0.2) is 47.6 Å². The molecule has 0 spiro atoms. The van der Waals surface area contributed by atoms with E-state index in [1.165, 1.54) is 18.3 Å². The molecule has 3 nitrogen and oxygen atoms in total. The van der Waals surface area contributed by atoms with E-state index in [2.05, 4.69) is 4.98 Å². The fourth-order valence-corrected chi connectivity index (χ4v) is 2.19. The number of benzene rings is 1. The van der Waals surface area contributed by atoms with Gasteiger partial charge in [0.2, 0.25) is 0 Å². The smallest absolute Gasteiger partial charge is 0.261 e. The van der Waals surface area contributed by atoms with Gasteiger partial charge >= 0.3 is 0 Å². The second-order valence-electron chi connectivity index (χ2n) is 3.36. The van der Waals surface area contributed by atoms with Crippen molar-refractivity contribution in [2.45, 2.75) is 4.90 Å². The summed E-state index contributed by atoms with van der Waals surface area (Å²) in [4.78, 5) is 3.61. The van der Waals surface area contributed by atoms with Crippen LogP contribution in [0.1, 0.15) is 0 Å². The summed E-state index contributed by atoms with van der Waals surface area (Å²) in [5.74, 6) is -0.662. The quantitative estimate of drug-likeness (QED) is 0.789. The topological polar surface area (TPSA) is 47.0 Å². The lowest BCUT2D eigenvalue weighted by molar-refractivity contribution is 0.602. The molecule has 0 N–H and O–H groups in total. The Hall–Kier alpha value is -1.46. The van der Waals surface area contributed by atoms with E-state index in [4.69, 9.17) is 10.7 Å². The molecule has 17 heavy (non-hydrogen) atoms. The van der Waals surface area contributed by atoms with Gasteiger partial charge < -0.3 is 0 Å². The molecular formula is C11H7ClFNO2S. The first kappa shape index (κ1) is 12.0. The van der Waals surface area contributed by atoms with Crippen LogP contribution >= 0.6 is 10.7 Å². The molecule has 0 bridgehead atoms. The van der Waals surface area contributed by atoms with E-state index in [1.54, 1.807) is 18.3 Å². The third-order valence-corrected chi connectivity index (χ3v) is 3.48. The molecule has 6 heteroatoms. The maximum atomic E-state index is 13.3. The van der Waals surface area contributed by atoms with Crippen LogP contribution < -0.4 is 0 Å². The lowest BCUT2D eigenvalue weighted by Crippen LogP contribution is -1.93. The van der Waals surface area contributed by atoms with Crippen LogP contribution in [0, 0.1) is 5.82 Å². The molecule has 0 atom stereocenters. The predicted molar refractivity (Wildman–Crippen MR) is 62.7 cm³/mol. The van der Waals surface area contributed by atoms with Gasteiger partial charge in [-0.25, -0.2) is 12.8 Å². The van der Waals surface area contributed by atoms with E-state index in [0.29, 0.717) is 11.1 Å². The van der Waals surface area contributed by atoms with Crippen LogP contribution in [-0.4, -0.2) is 13.4 Å². The fraction of sp³-hybridized carbons (Fsp3) is 0. The molecule has 1 heterocycles. The van der Waals surface area contributed by atoms with Gasteiger partial charge in [-0.3, -0.25) is 4.98 Å². The molecule has 0 radical (unpaired) electrons. The Balaban J connectivity index is 2.61. The van der Waals surface area contributed by atoms with Crippen LogP contribution in [0.25, 0.3) is 11.1 Å². The third kappa shape index (κ3) is 2.81.